The van der Waals surface area contributed by atoms with Crippen LogP contribution in [0.5, 0.6) is 11.8 Å². The lowest BCUT2D eigenvalue weighted by molar-refractivity contribution is 0.442. The summed E-state index contributed by atoms with van der Waals surface area (Å²) in [6, 6.07) is 7.74. The summed E-state index contributed by atoms with van der Waals surface area (Å²) in [6.07, 6.45) is 1.66. The summed E-state index contributed by atoms with van der Waals surface area (Å²) in [4.78, 5) is 8.17. The highest BCUT2D eigenvalue weighted by molar-refractivity contribution is 5.58. The number of aromatic nitrogens is 2. The number of benzene rings is 1. The lowest BCUT2D eigenvalue weighted by Crippen LogP contribution is -1.97. The maximum atomic E-state index is 5.89. The van der Waals surface area contributed by atoms with E-state index in [4.69, 9.17) is 10.5 Å². The molecule has 2 aromatic rings. The van der Waals surface area contributed by atoms with Gasteiger partial charge < -0.3 is 10.5 Å². The van der Waals surface area contributed by atoms with Crippen LogP contribution in [0.2, 0.25) is 0 Å². The maximum Gasteiger partial charge on any atom is 0.322 e. The Kier molecular flexibility index (Phi) is 2.72. The van der Waals surface area contributed by atoms with Gasteiger partial charge >= 0.3 is 6.01 Å². The Morgan fingerprint density at radius 2 is 2.00 bits per heavy atom. The van der Waals surface area contributed by atoms with E-state index in [1.54, 1.807) is 12.3 Å². The molecule has 16 heavy (non-hydrogen) atoms. The van der Waals surface area contributed by atoms with Gasteiger partial charge in [-0.1, -0.05) is 12.1 Å². The molecule has 0 amide bonds. The molecule has 0 aliphatic carbocycles. The van der Waals surface area contributed by atoms with Crippen molar-refractivity contribution in [3.8, 4) is 11.8 Å². The third-order valence-electron chi connectivity index (χ3n) is 2.26. The van der Waals surface area contributed by atoms with E-state index in [0.29, 0.717) is 17.4 Å². The Morgan fingerprint density at radius 1 is 1.19 bits per heavy atom. The molecular formula is C12H13N3O. The molecule has 1 aromatic carbocycles. The van der Waals surface area contributed by atoms with Gasteiger partial charge in [-0.25, -0.2) is 9.97 Å². The average molecular weight is 215 g/mol. The van der Waals surface area contributed by atoms with Crippen molar-refractivity contribution < 1.29 is 4.74 Å². The molecule has 2 N–H and O–H groups in total. The number of rotatable bonds is 2. The van der Waals surface area contributed by atoms with E-state index in [2.05, 4.69) is 9.97 Å². The van der Waals surface area contributed by atoms with Crippen molar-refractivity contribution in [3.05, 3.63) is 41.7 Å². The van der Waals surface area contributed by atoms with Gasteiger partial charge in [0.2, 0.25) is 0 Å². The summed E-state index contributed by atoms with van der Waals surface area (Å²) in [5, 5.41) is 0. The SMILES string of the molecule is Cc1ccnc(Oc2cccc(C)c2N)n1. The number of para-hydroxylation sites is 1. The van der Waals surface area contributed by atoms with Crippen molar-refractivity contribution in [1.29, 1.82) is 0 Å². The zero-order chi connectivity index (χ0) is 11.5. The van der Waals surface area contributed by atoms with Gasteiger partial charge in [0.15, 0.2) is 5.75 Å². The number of nitrogens with two attached hydrogens (primary N) is 1. The van der Waals surface area contributed by atoms with Crippen LogP contribution < -0.4 is 10.5 Å². The Balaban J connectivity index is 2.31. The maximum absolute atomic E-state index is 5.89. The standard InChI is InChI=1S/C12H13N3O/c1-8-4-3-5-10(11(8)13)16-12-14-7-6-9(2)15-12/h3-7H,13H2,1-2H3. The minimum atomic E-state index is 0.317. The first-order valence-electron chi connectivity index (χ1n) is 4.99. The minimum Gasteiger partial charge on any atom is -0.422 e. The van der Waals surface area contributed by atoms with Gasteiger partial charge in [-0.15, -0.1) is 0 Å². The number of hydrogen-bond acceptors (Lipinski definition) is 4. The summed E-state index contributed by atoms with van der Waals surface area (Å²) in [5.74, 6) is 0.589. The Morgan fingerprint density at radius 3 is 2.75 bits per heavy atom. The molecule has 0 aliphatic heterocycles. The monoisotopic (exact) mass is 215 g/mol. The predicted molar refractivity (Wildman–Crippen MR) is 62.4 cm³/mol. The second-order valence-electron chi connectivity index (χ2n) is 3.57. The molecule has 0 fully saturated rings. The average Bonchev–Trinajstić information content (AvgIpc) is 2.25. The lowest BCUT2D eigenvalue weighted by atomic mass is 10.2. The second kappa shape index (κ2) is 4.18. The number of ether oxygens (including phenoxy) is 1. The molecule has 1 aromatic heterocycles. The first-order valence-corrected chi connectivity index (χ1v) is 4.99. The lowest BCUT2D eigenvalue weighted by Gasteiger charge is -2.08. The fourth-order valence-corrected chi connectivity index (χ4v) is 1.32. The molecule has 82 valence electrons. The largest absolute Gasteiger partial charge is 0.422 e. The van der Waals surface area contributed by atoms with Crippen LogP contribution in [0.1, 0.15) is 11.3 Å². The van der Waals surface area contributed by atoms with Crippen molar-refractivity contribution in [2.45, 2.75) is 13.8 Å². The van der Waals surface area contributed by atoms with Crippen LogP contribution in [0, 0.1) is 13.8 Å². The van der Waals surface area contributed by atoms with Crippen LogP contribution in [-0.4, -0.2) is 9.97 Å². The molecule has 0 spiro atoms. The first kappa shape index (κ1) is 10.4. The Hall–Kier alpha value is -2.10. The summed E-state index contributed by atoms with van der Waals surface area (Å²) in [7, 11) is 0. The van der Waals surface area contributed by atoms with E-state index < -0.39 is 0 Å². The van der Waals surface area contributed by atoms with Crippen LogP contribution in [0.25, 0.3) is 0 Å². The topological polar surface area (TPSA) is 61.0 Å². The van der Waals surface area contributed by atoms with Gasteiger partial charge in [-0.05, 0) is 31.5 Å². The number of anilines is 1. The van der Waals surface area contributed by atoms with Crippen molar-refractivity contribution in [3.63, 3.8) is 0 Å². The molecule has 2 rings (SSSR count). The molecule has 0 aliphatic rings. The molecule has 0 atom stereocenters. The van der Waals surface area contributed by atoms with Crippen LogP contribution in [-0.2, 0) is 0 Å². The molecule has 0 unspecified atom stereocenters. The molecule has 4 nitrogen and oxygen atoms in total. The van der Waals surface area contributed by atoms with Crippen molar-refractivity contribution in [2.75, 3.05) is 5.73 Å². The highest BCUT2D eigenvalue weighted by Gasteiger charge is 2.05. The summed E-state index contributed by atoms with van der Waals surface area (Å²) in [6.45, 7) is 3.81. The Labute approximate surface area is 94.1 Å². The molecular weight excluding hydrogens is 202 g/mol. The van der Waals surface area contributed by atoms with Crippen molar-refractivity contribution in [2.24, 2.45) is 0 Å². The molecule has 0 saturated heterocycles. The van der Waals surface area contributed by atoms with Crippen LogP contribution >= 0.6 is 0 Å². The number of hydrogen-bond donors (Lipinski definition) is 1. The third-order valence-corrected chi connectivity index (χ3v) is 2.26. The highest BCUT2D eigenvalue weighted by atomic mass is 16.5. The van der Waals surface area contributed by atoms with E-state index in [9.17, 15) is 0 Å². The van der Waals surface area contributed by atoms with E-state index in [-0.39, 0.29) is 0 Å². The summed E-state index contributed by atoms with van der Waals surface area (Å²) in [5.41, 5.74) is 8.34. The van der Waals surface area contributed by atoms with Crippen LogP contribution in [0.15, 0.2) is 30.5 Å². The van der Waals surface area contributed by atoms with Crippen LogP contribution in [0.4, 0.5) is 5.69 Å². The van der Waals surface area contributed by atoms with E-state index >= 15 is 0 Å². The Bertz CT molecular complexity index is 511. The van der Waals surface area contributed by atoms with Gasteiger partial charge in [0.1, 0.15) is 0 Å². The first-order chi connectivity index (χ1) is 7.66. The van der Waals surface area contributed by atoms with E-state index in [0.717, 1.165) is 11.3 Å². The van der Waals surface area contributed by atoms with Crippen LogP contribution in [0.3, 0.4) is 0 Å². The van der Waals surface area contributed by atoms with Crippen molar-refractivity contribution in [1.82, 2.24) is 9.97 Å². The van der Waals surface area contributed by atoms with Gasteiger partial charge in [0, 0.05) is 11.9 Å². The molecule has 4 heteroatoms. The number of nitrogens with zero attached hydrogens (tertiary/aromatic N) is 2. The molecule has 0 saturated carbocycles. The normalized spacial score (nSPS) is 10.1. The zero-order valence-electron chi connectivity index (χ0n) is 9.27. The quantitative estimate of drug-likeness (QED) is 0.782. The zero-order valence-corrected chi connectivity index (χ0v) is 9.27. The second-order valence-corrected chi connectivity index (χ2v) is 3.57. The number of aryl methyl sites for hydroxylation is 2. The van der Waals surface area contributed by atoms with Gasteiger partial charge in [-0.2, -0.15) is 0 Å². The number of nitrogen functional groups attached to an aromatic ring is 1. The minimum absolute atomic E-state index is 0.317. The fraction of sp³-hybridized carbons (Fsp3) is 0.167. The van der Waals surface area contributed by atoms with E-state index in [1.807, 2.05) is 32.0 Å². The predicted octanol–water partition coefficient (Wildman–Crippen LogP) is 2.47. The van der Waals surface area contributed by atoms with E-state index in [1.165, 1.54) is 0 Å². The molecule has 0 radical (unpaired) electrons. The summed E-state index contributed by atoms with van der Waals surface area (Å²) < 4.78 is 5.52. The fourth-order valence-electron chi connectivity index (χ4n) is 1.32. The third kappa shape index (κ3) is 2.11. The van der Waals surface area contributed by atoms with Gasteiger partial charge in [-0.3, -0.25) is 0 Å². The molecule has 1 heterocycles. The molecule has 0 bridgehead atoms. The smallest absolute Gasteiger partial charge is 0.322 e. The van der Waals surface area contributed by atoms with Gasteiger partial charge in [0.25, 0.3) is 0 Å². The van der Waals surface area contributed by atoms with Crippen molar-refractivity contribution >= 4 is 5.69 Å². The summed E-state index contributed by atoms with van der Waals surface area (Å²) >= 11 is 0. The van der Waals surface area contributed by atoms with Gasteiger partial charge in [0.05, 0.1) is 5.69 Å². The highest BCUT2D eigenvalue weighted by Crippen LogP contribution is 2.27.